The summed E-state index contributed by atoms with van der Waals surface area (Å²) in [6.45, 7) is 3.97. The molecule has 94 valence electrons. The Kier molecular flexibility index (Phi) is 4.00. The highest BCUT2D eigenvalue weighted by molar-refractivity contribution is 7.55. The van der Waals surface area contributed by atoms with E-state index in [0.717, 1.165) is 27.3 Å². The van der Waals surface area contributed by atoms with E-state index in [1.54, 1.807) is 0 Å². The van der Waals surface area contributed by atoms with Crippen LogP contribution in [-0.4, -0.2) is 10.2 Å². The van der Waals surface area contributed by atoms with Gasteiger partial charge in [-0.3, -0.25) is 0 Å². The predicted octanol–water partition coefficient (Wildman–Crippen LogP) is 2.13. The summed E-state index contributed by atoms with van der Waals surface area (Å²) in [5, 5.41) is 21.4. The van der Waals surface area contributed by atoms with Gasteiger partial charge in [0.05, 0.1) is 6.61 Å². The predicted molar refractivity (Wildman–Crippen MR) is 77.5 cm³/mol. The van der Waals surface area contributed by atoms with Crippen LogP contribution in [0.1, 0.15) is 16.7 Å². The highest BCUT2D eigenvalue weighted by atomic mass is 31.1. The number of phenols is 1. The largest absolute Gasteiger partial charge is 0.507 e. The van der Waals surface area contributed by atoms with Crippen molar-refractivity contribution in [2.24, 2.45) is 0 Å². The second-order valence-corrected chi connectivity index (χ2v) is 5.75. The van der Waals surface area contributed by atoms with Gasteiger partial charge in [0.25, 0.3) is 0 Å². The van der Waals surface area contributed by atoms with Crippen LogP contribution in [0, 0.1) is 13.8 Å². The fraction of sp³-hybridized carbons (Fsp3) is 0.200. The monoisotopic (exact) mass is 260 g/mol. The zero-order valence-electron chi connectivity index (χ0n) is 10.6. The van der Waals surface area contributed by atoms with Gasteiger partial charge in [-0.1, -0.05) is 38.9 Å². The molecule has 1 unspecified atom stereocenters. The second kappa shape index (κ2) is 5.51. The molecule has 0 radical (unpaired) electrons. The molecular formula is C15H17O2P. The molecule has 1 atom stereocenters. The molecule has 3 heteroatoms. The van der Waals surface area contributed by atoms with Crippen LogP contribution in [0.5, 0.6) is 5.75 Å². The standard InChI is InChI=1S/C15H17O2P/c1-10-7-11(2)15(17)14(8-10)18-13-6-4-3-5-12(13)9-16/h3-8,16-18H,9H2,1-2H3. The van der Waals surface area contributed by atoms with Crippen molar-refractivity contribution in [2.75, 3.05) is 0 Å². The van der Waals surface area contributed by atoms with E-state index in [0.29, 0.717) is 14.3 Å². The fourth-order valence-electron chi connectivity index (χ4n) is 1.98. The lowest BCUT2D eigenvalue weighted by Gasteiger charge is -2.11. The minimum atomic E-state index is 0.0364. The van der Waals surface area contributed by atoms with Crippen molar-refractivity contribution in [2.45, 2.75) is 20.5 Å². The van der Waals surface area contributed by atoms with Crippen LogP contribution in [0.25, 0.3) is 0 Å². The highest BCUT2D eigenvalue weighted by Crippen LogP contribution is 2.24. The first-order valence-electron chi connectivity index (χ1n) is 5.88. The normalized spacial score (nSPS) is 11.3. The lowest BCUT2D eigenvalue weighted by Crippen LogP contribution is -2.10. The van der Waals surface area contributed by atoms with Crippen molar-refractivity contribution in [1.82, 2.24) is 0 Å². The van der Waals surface area contributed by atoms with Crippen molar-refractivity contribution >= 4 is 19.2 Å². The highest BCUT2D eigenvalue weighted by Gasteiger charge is 2.08. The maximum absolute atomic E-state index is 10.1. The minimum absolute atomic E-state index is 0.0364. The average molecular weight is 260 g/mol. The molecule has 2 N–H and O–H groups in total. The Morgan fingerprint density at radius 1 is 1.06 bits per heavy atom. The summed E-state index contributed by atoms with van der Waals surface area (Å²) in [7, 11) is 0.364. The lowest BCUT2D eigenvalue weighted by molar-refractivity contribution is 0.283. The van der Waals surface area contributed by atoms with Crippen LogP contribution in [0.3, 0.4) is 0 Å². The quantitative estimate of drug-likeness (QED) is 0.830. The second-order valence-electron chi connectivity index (χ2n) is 4.42. The Bertz CT molecular complexity index is 564. The summed E-state index contributed by atoms with van der Waals surface area (Å²) in [4.78, 5) is 0. The zero-order valence-corrected chi connectivity index (χ0v) is 11.6. The van der Waals surface area contributed by atoms with Crippen molar-refractivity contribution in [1.29, 1.82) is 0 Å². The van der Waals surface area contributed by atoms with Gasteiger partial charge < -0.3 is 10.2 Å². The third-order valence-electron chi connectivity index (χ3n) is 2.90. The first-order valence-corrected chi connectivity index (χ1v) is 6.88. The van der Waals surface area contributed by atoms with Crippen LogP contribution >= 0.6 is 8.58 Å². The molecule has 18 heavy (non-hydrogen) atoms. The first kappa shape index (κ1) is 13.1. The van der Waals surface area contributed by atoms with Crippen molar-refractivity contribution in [3.63, 3.8) is 0 Å². The van der Waals surface area contributed by atoms with Gasteiger partial charge in [0.1, 0.15) is 5.75 Å². The zero-order chi connectivity index (χ0) is 13.1. The number of hydrogen-bond donors (Lipinski definition) is 2. The van der Waals surface area contributed by atoms with E-state index in [1.807, 2.05) is 50.2 Å². The van der Waals surface area contributed by atoms with Crippen molar-refractivity contribution in [3.05, 3.63) is 53.1 Å². The molecule has 0 heterocycles. The topological polar surface area (TPSA) is 40.5 Å². The van der Waals surface area contributed by atoms with Crippen molar-refractivity contribution < 1.29 is 10.2 Å². The maximum atomic E-state index is 10.1. The summed E-state index contributed by atoms with van der Waals surface area (Å²) in [5.41, 5.74) is 2.97. The molecule has 0 saturated heterocycles. The molecule has 0 fully saturated rings. The molecule has 0 saturated carbocycles. The van der Waals surface area contributed by atoms with Crippen LogP contribution in [0.2, 0.25) is 0 Å². The molecule has 0 aliphatic rings. The summed E-state index contributed by atoms with van der Waals surface area (Å²) < 4.78 is 0. The first-order chi connectivity index (χ1) is 8.61. The fourth-order valence-corrected chi connectivity index (χ4v) is 3.39. The number of aliphatic hydroxyl groups excluding tert-OH is 1. The maximum Gasteiger partial charge on any atom is 0.126 e. The van der Waals surface area contributed by atoms with E-state index in [9.17, 15) is 10.2 Å². The number of aryl methyl sites for hydroxylation is 2. The molecule has 0 bridgehead atoms. The van der Waals surface area contributed by atoms with Gasteiger partial charge >= 0.3 is 0 Å². The van der Waals surface area contributed by atoms with E-state index in [1.165, 1.54) is 0 Å². The van der Waals surface area contributed by atoms with E-state index in [-0.39, 0.29) is 6.61 Å². The Labute approximate surface area is 109 Å². The molecule has 2 nitrogen and oxygen atoms in total. The van der Waals surface area contributed by atoms with E-state index in [4.69, 9.17) is 0 Å². The Balaban J connectivity index is 2.40. The van der Waals surface area contributed by atoms with Crippen LogP contribution in [0.4, 0.5) is 0 Å². The summed E-state index contributed by atoms with van der Waals surface area (Å²) in [5.74, 6) is 0.367. The third kappa shape index (κ3) is 2.72. The van der Waals surface area contributed by atoms with E-state index >= 15 is 0 Å². The van der Waals surface area contributed by atoms with Gasteiger partial charge in [-0.15, -0.1) is 0 Å². The van der Waals surface area contributed by atoms with Crippen LogP contribution < -0.4 is 10.6 Å². The molecule has 0 amide bonds. The van der Waals surface area contributed by atoms with E-state index in [2.05, 4.69) is 0 Å². The van der Waals surface area contributed by atoms with Crippen LogP contribution in [-0.2, 0) is 6.61 Å². The summed E-state index contributed by atoms with van der Waals surface area (Å²) in [6, 6.07) is 11.8. The van der Waals surface area contributed by atoms with Crippen molar-refractivity contribution in [3.8, 4) is 5.75 Å². The Morgan fingerprint density at radius 2 is 1.78 bits per heavy atom. The van der Waals surface area contributed by atoms with Gasteiger partial charge in [-0.25, -0.2) is 0 Å². The Hall–Kier alpha value is -1.37. The average Bonchev–Trinajstić information content (AvgIpc) is 2.36. The molecule has 2 aromatic carbocycles. The molecular weight excluding hydrogens is 243 g/mol. The number of aliphatic hydroxyl groups is 1. The molecule has 0 aromatic heterocycles. The number of hydrogen-bond acceptors (Lipinski definition) is 2. The van der Waals surface area contributed by atoms with Gasteiger partial charge in [0.2, 0.25) is 0 Å². The SMILES string of the molecule is Cc1cc(C)c(O)c(Pc2ccccc2CO)c1. The van der Waals surface area contributed by atoms with Gasteiger partial charge in [-0.05, 0) is 41.9 Å². The molecule has 2 aromatic rings. The number of aromatic hydroxyl groups is 1. The van der Waals surface area contributed by atoms with Gasteiger partial charge in [-0.2, -0.15) is 0 Å². The number of benzene rings is 2. The molecule has 0 aliphatic carbocycles. The minimum Gasteiger partial charge on any atom is -0.507 e. The lowest BCUT2D eigenvalue weighted by atomic mass is 10.1. The van der Waals surface area contributed by atoms with Gasteiger partial charge in [0, 0.05) is 5.30 Å². The number of phenolic OH excluding ortho intramolecular Hbond substituents is 1. The van der Waals surface area contributed by atoms with Gasteiger partial charge in [0.15, 0.2) is 0 Å². The smallest absolute Gasteiger partial charge is 0.126 e. The number of rotatable bonds is 3. The van der Waals surface area contributed by atoms with E-state index < -0.39 is 0 Å². The molecule has 0 spiro atoms. The third-order valence-corrected chi connectivity index (χ3v) is 4.31. The summed E-state index contributed by atoms with van der Waals surface area (Å²) in [6.07, 6.45) is 0. The Morgan fingerprint density at radius 3 is 2.50 bits per heavy atom. The van der Waals surface area contributed by atoms with Crippen LogP contribution in [0.15, 0.2) is 36.4 Å². The summed E-state index contributed by atoms with van der Waals surface area (Å²) >= 11 is 0. The molecule has 0 aliphatic heterocycles. The molecule has 2 rings (SSSR count).